The fraction of sp³-hybridized carbons (Fsp3) is 0.429. The molecule has 3 rings (SSSR count). The third-order valence-corrected chi connectivity index (χ3v) is 8.77. The largest absolute Gasteiger partial charge is 0.313 e. The summed E-state index contributed by atoms with van der Waals surface area (Å²) in [6, 6.07) is 12.8. The van der Waals surface area contributed by atoms with Crippen LogP contribution in [0.15, 0.2) is 36.4 Å². The van der Waals surface area contributed by atoms with Gasteiger partial charge in [-0.15, -0.1) is 0 Å². The van der Waals surface area contributed by atoms with Crippen LogP contribution in [0.5, 0.6) is 0 Å². The highest BCUT2D eigenvalue weighted by Gasteiger charge is 2.43. The van der Waals surface area contributed by atoms with Crippen molar-refractivity contribution in [2.75, 3.05) is 0 Å². The molecular formula is C21H27OP. The van der Waals surface area contributed by atoms with E-state index in [4.69, 9.17) is 0 Å². The minimum absolute atomic E-state index is 0.129. The van der Waals surface area contributed by atoms with E-state index in [2.05, 4.69) is 71.9 Å². The zero-order valence-corrected chi connectivity index (χ0v) is 15.9. The highest BCUT2D eigenvalue weighted by molar-refractivity contribution is 7.80. The SMILES string of the molecule is CC(C)c1ccc2c(c1C(C)C)P(=O)(C(C)C)c1ccccc1-2. The van der Waals surface area contributed by atoms with E-state index in [0.29, 0.717) is 11.8 Å². The lowest BCUT2D eigenvalue weighted by molar-refractivity contribution is 0.581. The number of benzene rings is 2. The quantitative estimate of drug-likeness (QED) is 0.667. The van der Waals surface area contributed by atoms with Gasteiger partial charge in [-0.2, -0.15) is 0 Å². The van der Waals surface area contributed by atoms with Gasteiger partial charge in [0.15, 0.2) is 0 Å². The third kappa shape index (κ3) is 2.24. The van der Waals surface area contributed by atoms with Gasteiger partial charge >= 0.3 is 0 Å². The van der Waals surface area contributed by atoms with Crippen molar-refractivity contribution in [2.45, 2.75) is 59.0 Å². The molecule has 1 atom stereocenters. The summed E-state index contributed by atoms with van der Waals surface area (Å²) in [7, 11) is -2.58. The summed E-state index contributed by atoms with van der Waals surface area (Å²) in [5, 5.41) is 2.21. The normalized spacial score (nSPS) is 19.5. The summed E-state index contributed by atoms with van der Waals surface area (Å²) in [4.78, 5) is 0. The van der Waals surface area contributed by atoms with Crippen molar-refractivity contribution in [3.63, 3.8) is 0 Å². The zero-order valence-electron chi connectivity index (χ0n) is 15.1. The Morgan fingerprint density at radius 2 is 1.43 bits per heavy atom. The first-order valence-electron chi connectivity index (χ1n) is 8.67. The van der Waals surface area contributed by atoms with Gasteiger partial charge in [-0.25, -0.2) is 0 Å². The van der Waals surface area contributed by atoms with Gasteiger partial charge < -0.3 is 4.57 Å². The zero-order chi connectivity index (χ0) is 16.9. The lowest BCUT2D eigenvalue weighted by atomic mass is 9.88. The van der Waals surface area contributed by atoms with Gasteiger partial charge in [0, 0.05) is 16.3 Å². The smallest absolute Gasteiger partial charge is 0.147 e. The number of hydrogen-bond acceptors (Lipinski definition) is 1. The molecule has 23 heavy (non-hydrogen) atoms. The van der Waals surface area contributed by atoms with Crippen LogP contribution < -0.4 is 10.6 Å². The molecule has 2 aromatic rings. The molecule has 0 aliphatic carbocycles. The van der Waals surface area contributed by atoms with Crippen LogP contribution in [0.4, 0.5) is 0 Å². The molecule has 0 radical (unpaired) electrons. The predicted octanol–water partition coefficient (Wildman–Crippen LogP) is 5.64. The fourth-order valence-corrected chi connectivity index (χ4v) is 7.43. The Balaban J connectivity index is 2.47. The Hall–Kier alpha value is -1.33. The Bertz CT molecular complexity index is 799. The van der Waals surface area contributed by atoms with Crippen LogP contribution in [-0.4, -0.2) is 5.66 Å². The van der Waals surface area contributed by atoms with Gasteiger partial charge in [-0.3, -0.25) is 0 Å². The molecule has 0 spiro atoms. The summed E-state index contributed by atoms with van der Waals surface area (Å²) in [5.41, 5.74) is 5.19. The van der Waals surface area contributed by atoms with E-state index in [9.17, 15) is 4.57 Å². The van der Waals surface area contributed by atoms with E-state index in [-0.39, 0.29) is 5.66 Å². The second kappa shape index (κ2) is 5.64. The van der Waals surface area contributed by atoms with Crippen LogP contribution in [0, 0.1) is 0 Å². The van der Waals surface area contributed by atoms with E-state index in [1.165, 1.54) is 22.3 Å². The lowest BCUT2D eigenvalue weighted by Gasteiger charge is -2.26. The lowest BCUT2D eigenvalue weighted by Crippen LogP contribution is -2.23. The van der Waals surface area contributed by atoms with Gasteiger partial charge in [-0.05, 0) is 34.1 Å². The minimum atomic E-state index is -2.58. The molecule has 1 heterocycles. The Kier molecular flexibility index (Phi) is 4.05. The van der Waals surface area contributed by atoms with E-state index < -0.39 is 7.14 Å². The van der Waals surface area contributed by atoms with Gasteiger partial charge in [0.25, 0.3) is 0 Å². The van der Waals surface area contributed by atoms with Gasteiger partial charge in [0.1, 0.15) is 7.14 Å². The molecule has 0 N–H and O–H groups in total. The van der Waals surface area contributed by atoms with Crippen molar-refractivity contribution in [1.29, 1.82) is 0 Å². The monoisotopic (exact) mass is 326 g/mol. The third-order valence-electron chi connectivity index (χ3n) is 5.06. The number of hydrogen-bond donors (Lipinski definition) is 0. The number of fused-ring (bicyclic) bond motifs is 3. The standard InChI is InChI=1S/C21H27OP/c1-13(2)16-11-12-18-17-9-7-8-10-19(17)23(22,15(5)6)21(18)20(16)14(3)4/h7-15H,1-6H3. The molecule has 0 fully saturated rings. The average Bonchev–Trinajstić information content (AvgIpc) is 2.77. The highest BCUT2D eigenvalue weighted by Crippen LogP contribution is 2.58. The van der Waals surface area contributed by atoms with Crippen molar-refractivity contribution in [3.05, 3.63) is 47.5 Å². The molecule has 2 aromatic carbocycles. The topological polar surface area (TPSA) is 17.1 Å². The predicted molar refractivity (Wildman–Crippen MR) is 102 cm³/mol. The average molecular weight is 326 g/mol. The van der Waals surface area contributed by atoms with E-state index in [1.54, 1.807) is 0 Å². The first kappa shape index (κ1) is 16.5. The Labute approximate surface area is 140 Å². The highest BCUT2D eigenvalue weighted by atomic mass is 31.2. The molecule has 0 aromatic heterocycles. The molecule has 1 nitrogen and oxygen atoms in total. The van der Waals surface area contributed by atoms with Crippen molar-refractivity contribution in [2.24, 2.45) is 0 Å². The molecule has 122 valence electrons. The summed E-state index contributed by atoms with van der Waals surface area (Å²) < 4.78 is 14.3. The maximum Gasteiger partial charge on any atom is 0.147 e. The summed E-state index contributed by atoms with van der Waals surface area (Å²) in [6.45, 7) is 13.1. The Morgan fingerprint density at radius 1 is 0.783 bits per heavy atom. The molecular weight excluding hydrogens is 299 g/mol. The maximum absolute atomic E-state index is 14.3. The summed E-state index contributed by atoms with van der Waals surface area (Å²) in [5.74, 6) is 0.825. The van der Waals surface area contributed by atoms with Crippen molar-refractivity contribution in [1.82, 2.24) is 0 Å². The van der Waals surface area contributed by atoms with Gasteiger partial charge in [-0.1, -0.05) is 77.9 Å². The first-order chi connectivity index (χ1) is 10.8. The maximum atomic E-state index is 14.3. The van der Waals surface area contributed by atoms with Crippen LogP contribution in [0.1, 0.15) is 64.5 Å². The second-order valence-corrected chi connectivity index (χ2v) is 10.8. The molecule has 0 saturated carbocycles. The van der Waals surface area contributed by atoms with Crippen LogP contribution in [-0.2, 0) is 4.57 Å². The minimum Gasteiger partial charge on any atom is -0.313 e. The van der Waals surface area contributed by atoms with E-state index in [1.807, 2.05) is 6.07 Å². The second-order valence-electron chi connectivity index (χ2n) is 7.54. The molecule has 2 heteroatoms. The van der Waals surface area contributed by atoms with Gasteiger partial charge in [0.2, 0.25) is 0 Å². The Morgan fingerprint density at radius 3 is 2.00 bits per heavy atom. The molecule has 0 saturated heterocycles. The number of rotatable bonds is 3. The first-order valence-corrected chi connectivity index (χ1v) is 10.4. The molecule has 1 unspecified atom stereocenters. The van der Waals surface area contributed by atoms with Crippen LogP contribution in [0.2, 0.25) is 0 Å². The van der Waals surface area contributed by atoms with Gasteiger partial charge in [0.05, 0.1) is 0 Å². The van der Waals surface area contributed by atoms with Crippen molar-refractivity contribution in [3.8, 4) is 11.1 Å². The molecule has 1 aliphatic rings. The molecule has 0 amide bonds. The van der Waals surface area contributed by atoms with Crippen LogP contribution in [0.3, 0.4) is 0 Å². The van der Waals surface area contributed by atoms with Crippen molar-refractivity contribution < 1.29 is 4.57 Å². The molecule has 1 aliphatic heterocycles. The van der Waals surface area contributed by atoms with Crippen molar-refractivity contribution >= 4 is 17.8 Å². The van der Waals surface area contributed by atoms with Crippen LogP contribution >= 0.6 is 7.14 Å². The summed E-state index contributed by atoms with van der Waals surface area (Å²) in [6.07, 6.45) is 0. The molecule has 0 bridgehead atoms. The van der Waals surface area contributed by atoms with Crippen LogP contribution in [0.25, 0.3) is 11.1 Å². The van der Waals surface area contributed by atoms with E-state index >= 15 is 0 Å². The fourth-order valence-electron chi connectivity index (χ4n) is 3.96. The van der Waals surface area contributed by atoms with E-state index in [0.717, 1.165) is 10.6 Å². The summed E-state index contributed by atoms with van der Waals surface area (Å²) >= 11 is 0.